The summed E-state index contributed by atoms with van der Waals surface area (Å²) in [6, 6.07) is 1.93. The van der Waals surface area contributed by atoms with Crippen LogP contribution in [0.4, 0.5) is 13.2 Å². The number of alkyl halides is 3. The SMILES string of the molecule is CCC1COCCC1N[C@@H]1CC[C@@]2(C1)C(=O)N1Cc3cc(C(F)(F)F)cnc3CC1C2C. The highest BCUT2D eigenvalue weighted by molar-refractivity contribution is 5.87. The van der Waals surface area contributed by atoms with Gasteiger partial charge in [-0.05, 0) is 55.6 Å². The van der Waals surface area contributed by atoms with Crippen molar-refractivity contribution in [3.05, 3.63) is 29.1 Å². The molecule has 5 nitrogen and oxygen atoms in total. The topological polar surface area (TPSA) is 54.5 Å². The van der Waals surface area contributed by atoms with E-state index in [9.17, 15) is 18.0 Å². The van der Waals surface area contributed by atoms with Crippen molar-refractivity contribution in [3.63, 3.8) is 0 Å². The summed E-state index contributed by atoms with van der Waals surface area (Å²) in [6.45, 7) is 6.16. The summed E-state index contributed by atoms with van der Waals surface area (Å²) in [4.78, 5) is 19.7. The molecule has 4 unspecified atom stereocenters. The van der Waals surface area contributed by atoms with Crippen molar-refractivity contribution in [2.75, 3.05) is 13.2 Å². The summed E-state index contributed by atoms with van der Waals surface area (Å²) in [5, 5.41) is 3.85. The number of hydrogen-bond donors (Lipinski definition) is 1. The molecule has 0 bridgehead atoms. The Balaban J connectivity index is 1.33. The lowest BCUT2D eigenvalue weighted by Gasteiger charge is -2.34. The van der Waals surface area contributed by atoms with Crippen LogP contribution in [-0.4, -0.2) is 47.1 Å². The first-order valence-electron chi connectivity index (χ1n) is 11.9. The smallest absolute Gasteiger partial charge is 0.381 e. The molecule has 8 heteroatoms. The first kappa shape index (κ1) is 22.1. The van der Waals surface area contributed by atoms with Crippen molar-refractivity contribution in [2.24, 2.45) is 17.3 Å². The van der Waals surface area contributed by atoms with E-state index in [1.165, 1.54) is 6.07 Å². The van der Waals surface area contributed by atoms with Gasteiger partial charge in [0.15, 0.2) is 0 Å². The molecule has 32 heavy (non-hydrogen) atoms. The van der Waals surface area contributed by atoms with Gasteiger partial charge in [0.05, 0.1) is 17.6 Å². The zero-order chi connectivity index (χ0) is 22.7. The number of rotatable bonds is 3. The molecule has 1 saturated carbocycles. The number of amides is 1. The zero-order valence-corrected chi connectivity index (χ0v) is 18.8. The third-order valence-corrected chi connectivity index (χ3v) is 8.66. The van der Waals surface area contributed by atoms with Gasteiger partial charge in [-0.25, -0.2) is 0 Å². The molecule has 2 saturated heterocycles. The number of fused-ring (bicyclic) bond motifs is 2. The Hall–Kier alpha value is -1.67. The van der Waals surface area contributed by atoms with E-state index >= 15 is 0 Å². The van der Waals surface area contributed by atoms with Gasteiger partial charge in [0.2, 0.25) is 5.91 Å². The van der Waals surface area contributed by atoms with Crippen LogP contribution in [0.3, 0.4) is 0 Å². The van der Waals surface area contributed by atoms with Crippen LogP contribution in [0.1, 0.15) is 62.8 Å². The molecular weight excluding hydrogens is 419 g/mol. The first-order valence-corrected chi connectivity index (χ1v) is 11.9. The maximum absolute atomic E-state index is 13.7. The number of pyridine rings is 1. The lowest BCUT2D eigenvalue weighted by Crippen LogP contribution is -2.47. The fourth-order valence-corrected chi connectivity index (χ4v) is 6.69. The number of nitrogens with one attached hydrogen (secondary N) is 1. The van der Waals surface area contributed by atoms with E-state index in [2.05, 4.69) is 24.1 Å². The second-order valence-corrected chi connectivity index (χ2v) is 10.2. The van der Waals surface area contributed by atoms with Crippen LogP contribution in [-0.2, 0) is 28.7 Å². The molecule has 3 aliphatic heterocycles. The quantitative estimate of drug-likeness (QED) is 0.756. The van der Waals surface area contributed by atoms with Gasteiger partial charge in [-0.3, -0.25) is 9.78 Å². The number of aromatic nitrogens is 1. The Labute approximate surface area is 187 Å². The summed E-state index contributed by atoms with van der Waals surface area (Å²) in [6.07, 6.45) is 1.74. The molecule has 0 radical (unpaired) electrons. The largest absolute Gasteiger partial charge is 0.417 e. The van der Waals surface area contributed by atoms with Gasteiger partial charge in [0, 0.05) is 49.6 Å². The Morgan fingerprint density at radius 3 is 2.91 bits per heavy atom. The van der Waals surface area contributed by atoms with E-state index in [1.807, 2.05) is 4.90 Å². The number of hydrogen-bond acceptors (Lipinski definition) is 4. The van der Waals surface area contributed by atoms with E-state index in [0.29, 0.717) is 35.7 Å². The monoisotopic (exact) mass is 451 g/mol. The number of ether oxygens (including phenoxy) is 1. The predicted molar refractivity (Wildman–Crippen MR) is 113 cm³/mol. The fraction of sp³-hybridized carbons (Fsp3) is 0.750. The van der Waals surface area contributed by atoms with E-state index in [1.54, 1.807) is 0 Å². The zero-order valence-electron chi connectivity index (χ0n) is 18.8. The van der Waals surface area contributed by atoms with Crippen molar-refractivity contribution in [2.45, 2.75) is 83.2 Å². The van der Waals surface area contributed by atoms with Crippen molar-refractivity contribution in [1.82, 2.24) is 15.2 Å². The Bertz CT molecular complexity index is 892. The third kappa shape index (κ3) is 3.54. The van der Waals surface area contributed by atoms with Gasteiger partial charge in [0.25, 0.3) is 0 Å². The summed E-state index contributed by atoms with van der Waals surface area (Å²) >= 11 is 0. The Morgan fingerprint density at radius 1 is 1.34 bits per heavy atom. The van der Waals surface area contributed by atoms with Gasteiger partial charge < -0.3 is 15.0 Å². The summed E-state index contributed by atoms with van der Waals surface area (Å²) in [5.41, 5.74) is 0.0894. The number of halogens is 3. The molecule has 1 aromatic heterocycles. The maximum atomic E-state index is 13.7. The molecular formula is C24H32F3N3O2. The highest BCUT2D eigenvalue weighted by atomic mass is 19.4. The molecule has 1 amide bonds. The summed E-state index contributed by atoms with van der Waals surface area (Å²) in [7, 11) is 0. The van der Waals surface area contributed by atoms with Crippen molar-refractivity contribution < 1.29 is 22.7 Å². The summed E-state index contributed by atoms with van der Waals surface area (Å²) < 4.78 is 45.1. The minimum absolute atomic E-state index is 0.0180. The van der Waals surface area contributed by atoms with Crippen LogP contribution in [0.15, 0.2) is 12.3 Å². The van der Waals surface area contributed by atoms with Crippen LogP contribution < -0.4 is 5.32 Å². The second-order valence-electron chi connectivity index (χ2n) is 10.2. The van der Waals surface area contributed by atoms with Crippen molar-refractivity contribution in [1.29, 1.82) is 0 Å². The van der Waals surface area contributed by atoms with Crippen LogP contribution >= 0.6 is 0 Å². The molecule has 5 rings (SSSR count). The molecule has 4 aliphatic rings. The van der Waals surface area contributed by atoms with Crippen molar-refractivity contribution >= 4 is 5.91 Å². The number of carbonyl (C=O) groups excluding carboxylic acids is 1. The molecule has 1 spiro atoms. The number of carbonyl (C=O) groups is 1. The van der Waals surface area contributed by atoms with E-state index in [-0.39, 0.29) is 24.4 Å². The average molecular weight is 452 g/mol. The van der Waals surface area contributed by atoms with Crippen LogP contribution in [0.5, 0.6) is 0 Å². The lowest BCUT2D eigenvalue weighted by molar-refractivity contribution is -0.138. The number of nitrogens with zero attached hydrogens (tertiary/aromatic N) is 2. The third-order valence-electron chi connectivity index (χ3n) is 8.66. The summed E-state index contributed by atoms with van der Waals surface area (Å²) in [5.74, 6) is 0.795. The normalized spacial score (nSPS) is 37.1. The van der Waals surface area contributed by atoms with Crippen LogP contribution in [0.2, 0.25) is 0 Å². The minimum atomic E-state index is -4.42. The van der Waals surface area contributed by atoms with Gasteiger partial charge in [-0.1, -0.05) is 13.8 Å². The van der Waals surface area contributed by atoms with E-state index in [4.69, 9.17) is 4.74 Å². The molecule has 1 aliphatic carbocycles. The fourth-order valence-electron chi connectivity index (χ4n) is 6.69. The van der Waals surface area contributed by atoms with Crippen LogP contribution in [0.25, 0.3) is 0 Å². The maximum Gasteiger partial charge on any atom is 0.417 e. The van der Waals surface area contributed by atoms with Crippen molar-refractivity contribution in [3.8, 4) is 0 Å². The van der Waals surface area contributed by atoms with E-state index in [0.717, 1.165) is 51.5 Å². The van der Waals surface area contributed by atoms with Crippen LogP contribution in [0, 0.1) is 17.3 Å². The molecule has 3 fully saturated rings. The molecule has 176 valence electrons. The molecule has 4 heterocycles. The second kappa shape index (κ2) is 7.97. The minimum Gasteiger partial charge on any atom is -0.381 e. The Morgan fingerprint density at radius 2 is 2.16 bits per heavy atom. The Kier molecular flexibility index (Phi) is 5.52. The predicted octanol–water partition coefficient (Wildman–Crippen LogP) is 3.95. The molecule has 0 aromatic carbocycles. The van der Waals surface area contributed by atoms with Gasteiger partial charge in [0.1, 0.15) is 0 Å². The standard InChI is InChI=1S/C24H32F3N3O2/c1-3-15-13-32-7-5-19(15)29-18-4-6-23(10-18)14(2)21-9-20-16(12-30(21)22(23)31)8-17(11-28-20)24(25,26)27/h8,11,14-15,18-19,21,29H,3-7,9-10,12-13H2,1-2H3/t14?,15?,18-,19?,21?,23+/m1/s1. The molecule has 1 N–H and O–H groups in total. The highest BCUT2D eigenvalue weighted by Gasteiger charge is 2.60. The highest BCUT2D eigenvalue weighted by Crippen LogP contribution is 2.54. The van der Waals surface area contributed by atoms with Gasteiger partial charge >= 0.3 is 6.18 Å². The average Bonchev–Trinajstić information content (AvgIpc) is 3.28. The van der Waals surface area contributed by atoms with Gasteiger partial charge in [-0.2, -0.15) is 13.2 Å². The molecule has 1 aromatic rings. The lowest BCUT2D eigenvalue weighted by atomic mass is 9.73. The molecule has 6 atom stereocenters. The van der Waals surface area contributed by atoms with E-state index < -0.39 is 17.2 Å². The van der Waals surface area contributed by atoms with Gasteiger partial charge in [-0.15, -0.1) is 0 Å². The first-order chi connectivity index (χ1) is 15.2.